The molecule has 0 bridgehead atoms. The van der Waals surface area contributed by atoms with Gasteiger partial charge >= 0.3 is 0 Å². The Morgan fingerprint density at radius 3 is 2.88 bits per heavy atom. The van der Waals surface area contributed by atoms with E-state index in [1.54, 1.807) is 17.5 Å². The van der Waals surface area contributed by atoms with Crippen LogP contribution >= 0.6 is 22.9 Å². The van der Waals surface area contributed by atoms with Gasteiger partial charge in [0.1, 0.15) is 11.3 Å². The number of halogens is 1. The molecule has 0 aliphatic carbocycles. The van der Waals surface area contributed by atoms with E-state index in [0.29, 0.717) is 5.02 Å². The van der Waals surface area contributed by atoms with Gasteiger partial charge in [-0.05, 0) is 19.1 Å². The molecule has 2 rings (SSSR count). The van der Waals surface area contributed by atoms with E-state index >= 15 is 0 Å². The topological polar surface area (TPSA) is 29.0 Å². The second-order valence-electron chi connectivity index (χ2n) is 3.56. The summed E-state index contributed by atoms with van der Waals surface area (Å²) in [7, 11) is 1.98. The average Bonchev–Trinajstić information content (AvgIpc) is 2.64. The lowest BCUT2D eigenvalue weighted by molar-refractivity contribution is 0.904. The first kappa shape index (κ1) is 11.4. The van der Waals surface area contributed by atoms with Crippen LogP contribution in [-0.4, -0.2) is 17.0 Å². The van der Waals surface area contributed by atoms with Gasteiger partial charge in [-0.3, -0.25) is 0 Å². The Morgan fingerprint density at radius 2 is 2.25 bits per heavy atom. The van der Waals surface area contributed by atoms with Crippen molar-refractivity contribution in [1.82, 2.24) is 9.97 Å². The lowest BCUT2D eigenvalue weighted by Gasteiger charge is -2.17. The van der Waals surface area contributed by atoms with E-state index in [1.165, 1.54) is 16.1 Å². The summed E-state index contributed by atoms with van der Waals surface area (Å²) in [4.78, 5) is 12.7. The van der Waals surface area contributed by atoms with Crippen molar-refractivity contribution in [2.24, 2.45) is 0 Å². The first-order valence-electron chi connectivity index (χ1n) is 4.89. The van der Waals surface area contributed by atoms with Gasteiger partial charge in [-0.2, -0.15) is 0 Å². The van der Waals surface area contributed by atoms with E-state index in [4.69, 9.17) is 11.6 Å². The third-order valence-corrected chi connectivity index (χ3v) is 3.45. The molecule has 0 amide bonds. The smallest absolute Gasteiger partial charge is 0.150 e. The summed E-state index contributed by atoms with van der Waals surface area (Å²) >= 11 is 7.82. The van der Waals surface area contributed by atoms with E-state index in [9.17, 15) is 0 Å². The quantitative estimate of drug-likeness (QED) is 0.842. The van der Waals surface area contributed by atoms with Gasteiger partial charge in [0.05, 0.1) is 12.7 Å². The van der Waals surface area contributed by atoms with Crippen molar-refractivity contribution < 1.29 is 0 Å². The van der Waals surface area contributed by atoms with Crippen molar-refractivity contribution in [3.63, 3.8) is 0 Å². The van der Waals surface area contributed by atoms with Crippen molar-refractivity contribution in [2.75, 3.05) is 11.9 Å². The van der Waals surface area contributed by atoms with Gasteiger partial charge in [0, 0.05) is 16.8 Å². The van der Waals surface area contributed by atoms with Crippen LogP contribution in [0, 0.1) is 6.92 Å². The molecule has 2 heterocycles. The van der Waals surface area contributed by atoms with E-state index in [-0.39, 0.29) is 0 Å². The Kier molecular flexibility index (Phi) is 3.41. The van der Waals surface area contributed by atoms with Crippen LogP contribution in [0.15, 0.2) is 24.7 Å². The number of aryl methyl sites for hydroxylation is 1. The summed E-state index contributed by atoms with van der Waals surface area (Å²) in [6, 6.07) is 4.25. The summed E-state index contributed by atoms with van der Waals surface area (Å²) in [6.07, 6.45) is 3.12. The lowest BCUT2D eigenvalue weighted by Crippen LogP contribution is -2.17. The van der Waals surface area contributed by atoms with Crippen LogP contribution in [0.5, 0.6) is 0 Å². The highest BCUT2D eigenvalue weighted by atomic mass is 35.5. The molecular weight excluding hydrogens is 242 g/mol. The zero-order valence-corrected chi connectivity index (χ0v) is 10.7. The first-order chi connectivity index (χ1) is 7.66. The third-order valence-electron chi connectivity index (χ3n) is 2.20. The summed E-state index contributed by atoms with van der Waals surface area (Å²) in [5.41, 5.74) is 0. The first-order valence-corrected chi connectivity index (χ1v) is 6.08. The fourth-order valence-electron chi connectivity index (χ4n) is 1.47. The van der Waals surface area contributed by atoms with Gasteiger partial charge in [-0.1, -0.05) is 11.6 Å². The fourth-order valence-corrected chi connectivity index (χ4v) is 2.66. The Hall–Kier alpha value is -1.13. The van der Waals surface area contributed by atoms with Crippen molar-refractivity contribution in [3.05, 3.63) is 39.4 Å². The number of hydrogen-bond donors (Lipinski definition) is 0. The predicted octanol–water partition coefficient (Wildman–Crippen LogP) is 3.14. The van der Waals surface area contributed by atoms with Crippen LogP contribution in [0.25, 0.3) is 0 Å². The van der Waals surface area contributed by atoms with Gasteiger partial charge in [0.25, 0.3) is 0 Å². The van der Waals surface area contributed by atoms with Gasteiger partial charge < -0.3 is 4.90 Å². The molecular formula is C11H12ClN3S. The maximum atomic E-state index is 6.03. The molecule has 0 aromatic carbocycles. The SMILES string of the molecule is Cc1ccc(CN(C)c2ncncc2Cl)s1. The Morgan fingerprint density at radius 1 is 1.44 bits per heavy atom. The molecule has 0 saturated heterocycles. The standard InChI is InChI=1S/C11H12ClN3S/c1-8-3-4-9(16-8)6-15(2)11-10(12)5-13-7-14-11/h3-5,7H,6H2,1-2H3. The largest absolute Gasteiger partial charge is 0.353 e. The van der Waals surface area contributed by atoms with Crippen molar-refractivity contribution >= 4 is 28.8 Å². The van der Waals surface area contributed by atoms with Crippen LogP contribution in [-0.2, 0) is 6.54 Å². The number of aromatic nitrogens is 2. The second kappa shape index (κ2) is 4.80. The maximum absolute atomic E-state index is 6.03. The van der Waals surface area contributed by atoms with E-state index in [2.05, 4.69) is 29.0 Å². The van der Waals surface area contributed by atoms with Crippen LogP contribution in [0.2, 0.25) is 5.02 Å². The number of rotatable bonds is 3. The molecule has 2 aromatic rings. The van der Waals surface area contributed by atoms with E-state index < -0.39 is 0 Å². The molecule has 0 spiro atoms. The monoisotopic (exact) mass is 253 g/mol. The molecule has 0 aliphatic heterocycles. The minimum atomic E-state index is 0.582. The molecule has 0 fully saturated rings. The summed E-state index contributed by atoms with van der Waals surface area (Å²) in [6.45, 7) is 2.92. The summed E-state index contributed by atoms with van der Waals surface area (Å²) < 4.78 is 0. The number of anilines is 1. The Labute approximate surface area is 104 Å². The third kappa shape index (κ3) is 2.51. The minimum absolute atomic E-state index is 0.582. The zero-order valence-electron chi connectivity index (χ0n) is 9.14. The predicted molar refractivity (Wildman–Crippen MR) is 68.2 cm³/mol. The fraction of sp³-hybridized carbons (Fsp3) is 0.273. The molecule has 0 radical (unpaired) electrons. The van der Waals surface area contributed by atoms with Crippen LogP contribution in [0.4, 0.5) is 5.82 Å². The molecule has 2 aromatic heterocycles. The normalized spacial score (nSPS) is 10.4. The number of hydrogen-bond acceptors (Lipinski definition) is 4. The molecule has 0 saturated carbocycles. The highest BCUT2D eigenvalue weighted by molar-refractivity contribution is 7.11. The summed E-state index contributed by atoms with van der Waals surface area (Å²) in [5.74, 6) is 0.766. The molecule has 3 nitrogen and oxygen atoms in total. The van der Waals surface area contributed by atoms with Gasteiger partial charge in [0.2, 0.25) is 0 Å². The average molecular weight is 254 g/mol. The van der Waals surface area contributed by atoms with Crippen LogP contribution < -0.4 is 4.90 Å². The summed E-state index contributed by atoms with van der Waals surface area (Å²) in [5, 5.41) is 0.582. The Balaban J connectivity index is 2.14. The van der Waals surface area contributed by atoms with Crippen LogP contribution in [0.1, 0.15) is 9.75 Å². The molecule has 0 unspecified atom stereocenters. The maximum Gasteiger partial charge on any atom is 0.150 e. The number of thiophene rings is 1. The van der Waals surface area contributed by atoms with Gasteiger partial charge in [-0.15, -0.1) is 11.3 Å². The van der Waals surface area contributed by atoms with Crippen molar-refractivity contribution in [3.8, 4) is 0 Å². The van der Waals surface area contributed by atoms with Gasteiger partial charge in [0.15, 0.2) is 5.82 Å². The van der Waals surface area contributed by atoms with Crippen molar-refractivity contribution in [1.29, 1.82) is 0 Å². The Bertz CT molecular complexity index is 484. The molecule has 84 valence electrons. The zero-order chi connectivity index (χ0) is 11.5. The molecule has 5 heteroatoms. The van der Waals surface area contributed by atoms with Gasteiger partial charge in [-0.25, -0.2) is 9.97 Å². The van der Waals surface area contributed by atoms with Crippen LogP contribution in [0.3, 0.4) is 0 Å². The second-order valence-corrected chi connectivity index (χ2v) is 5.34. The minimum Gasteiger partial charge on any atom is -0.353 e. The highest BCUT2D eigenvalue weighted by Gasteiger charge is 2.08. The van der Waals surface area contributed by atoms with Crippen molar-refractivity contribution in [2.45, 2.75) is 13.5 Å². The van der Waals surface area contributed by atoms with E-state index in [1.807, 2.05) is 11.9 Å². The highest BCUT2D eigenvalue weighted by Crippen LogP contribution is 2.23. The number of nitrogens with zero attached hydrogens (tertiary/aromatic N) is 3. The van der Waals surface area contributed by atoms with E-state index in [0.717, 1.165) is 12.4 Å². The molecule has 0 atom stereocenters. The lowest BCUT2D eigenvalue weighted by atomic mass is 10.4. The molecule has 16 heavy (non-hydrogen) atoms. The molecule has 0 N–H and O–H groups in total. The molecule has 0 aliphatic rings.